The lowest BCUT2D eigenvalue weighted by Gasteiger charge is -2.37. The molecule has 6 aromatic rings. The second kappa shape index (κ2) is 13.8. The summed E-state index contributed by atoms with van der Waals surface area (Å²) in [6, 6.07) is 34.1. The Labute approximate surface area is 282 Å². The summed E-state index contributed by atoms with van der Waals surface area (Å²) in [4.78, 5) is 25.8. The summed E-state index contributed by atoms with van der Waals surface area (Å²) in [5, 5.41) is 2.79. The number of anilines is 1. The number of rotatable bonds is 11. The fourth-order valence-electron chi connectivity index (χ4n) is 6.24. The molecule has 1 amide bonds. The first-order chi connectivity index (χ1) is 24.0. The van der Waals surface area contributed by atoms with Crippen LogP contribution in [0.5, 0.6) is 11.5 Å². The number of methoxy groups -OCH3 is 2. The Morgan fingerprint density at radius 2 is 1.43 bits per heavy atom. The predicted molar refractivity (Wildman–Crippen MR) is 181 cm³/mol. The fourth-order valence-corrected chi connectivity index (χ4v) is 6.24. The van der Waals surface area contributed by atoms with Crippen molar-refractivity contribution >= 4 is 22.9 Å². The quantitative estimate of drug-likeness (QED) is 0.153. The Hall–Kier alpha value is -5.65. The average molecular weight is 660 g/mol. The molecule has 248 valence electrons. The van der Waals surface area contributed by atoms with E-state index in [-0.39, 0.29) is 24.8 Å². The standard InChI is InChI=1S/C38H34FN5O5/c1-46-29-17-13-27(14-18-29)38(26-11-7-4-8-12-26,28-15-19-30(47-2)20-16-28)48-22-31-21-32(39)37(49-31)44-24-42-33-34(40-23-41-35(33)44)43-36(45)25-9-5-3-6-10-25/h3-20,23-24,31-32,37H,21-22H2,1-2H3,(H,40,41,43,45)/t31-,32-,37-/m1/s1. The zero-order valence-electron chi connectivity index (χ0n) is 26.9. The van der Waals surface area contributed by atoms with Crippen LogP contribution in [0.25, 0.3) is 11.2 Å². The third-order valence-corrected chi connectivity index (χ3v) is 8.69. The highest BCUT2D eigenvalue weighted by molar-refractivity contribution is 6.06. The highest BCUT2D eigenvalue weighted by atomic mass is 19.1. The van der Waals surface area contributed by atoms with Crippen molar-refractivity contribution in [3.05, 3.63) is 144 Å². The SMILES string of the molecule is COc1ccc(C(OC[C@H]2C[C@@H](F)[C@H](n3cnc4c(NC(=O)c5ccccc5)ncnc43)O2)(c2ccccc2)c2ccc(OC)cc2)cc1. The van der Waals surface area contributed by atoms with Gasteiger partial charge >= 0.3 is 0 Å². The molecule has 2 aromatic heterocycles. The van der Waals surface area contributed by atoms with Crippen LogP contribution >= 0.6 is 0 Å². The number of benzene rings is 4. The van der Waals surface area contributed by atoms with Crippen LogP contribution in [-0.2, 0) is 15.1 Å². The number of nitrogens with zero attached hydrogens (tertiary/aromatic N) is 4. The summed E-state index contributed by atoms with van der Waals surface area (Å²) in [6.45, 7) is 0.0733. The maximum atomic E-state index is 15.8. The maximum absolute atomic E-state index is 15.8. The molecular formula is C38H34FN5O5. The molecule has 1 saturated heterocycles. The largest absolute Gasteiger partial charge is 0.497 e. The van der Waals surface area contributed by atoms with Crippen molar-refractivity contribution in [2.75, 3.05) is 26.1 Å². The molecule has 1 aliphatic rings. The van der Waals surface area contributed by atoms with E-state index in [9.17, 15) is 4.79 Å². The highest BCUT2D eigenvalue weighted by Crippen LogP contribution is 2.43. The molecule has 0 saturated carbocycles. The molecule has 0 aliphatic carbocycles. The van der Waals surface area contributed by atoms with E-state index in [1.807, 2.05) is 84.9 Å². The fraction of sp³-hybridized carbons (Fsp3) is 0.211. The Bertz CT molecular complexity index is 1980. The van der Waals surface area contributed by atoms with Gasteiger partial charge in [-0.15, -0.1) is 0 Å². The number of nitrogens with one attached hydrogen (secondary N) is 1. The van der Waals surface area contributed by atoms with Crippen LogP contribution in [0.2, 0.25) is 0 Å². The minimum Gasteiger partial charge on any atom is -0.497 e. The zero-order chi connectivity index (χ0) is 33.8. The van der Waals surface area contributed by atoms with E-state index in [0.717, 1.165) is 16.7 Å². The smallest absolute Gasteiger partial charge is 0.256 e. The van der Waals surface area contributed by atoms with Crippen molar-refractivity contribution in [3.8, 4) is 11.5 Å². The molecule has 0 radical (unpaired) electrons. The van der Waals surface area contributed by atoms with E-state index in [1.54, 1.807) is 38.5 Å². The van der Waals surface area contributed by atoms with Crippen LogP contribution in [0.3, 0.4) is 0 Å². The lowest BCUT2D eigenvalue weighted by Crippen LogP contribution is -2.35. The normalized spacial score (nSPS) is 17.6. The Kier molecular flexibility index (Phi) is 9.01. The first kappa shape index (κ1) is 31.9. The van der Waals surface area contributed by atoms with E-state index in [1.165, 1.54) is 17.2 Å². The Balaban J connectivity index is 1.18. The maximum Gasteiger partial charge on any atom is 0.256 e. The van der Waals surface area contributed by atoms with Crippen LogP contribution in [-0.4, -0.2) is 58.5 Å². The third-order valence-electron chi connectivity index (χ3n) is 8.69. The zero-order valence-corrected chi connectivity index (χ0v) is 26.9. The number of carbonyl (C=O) groups is 1. The van der Waals surface area contributed by atoms with Gasteiger partial charge in [0.2, 0.25) is 0 Å². The summed E-state index contributed by atoms with van der Waals surface area (Å²) < 4.78 is 41.6. The number of fused-ring (bicyclic) bond motifs is 1. The number of alkyl halides is 1. The lowest BCUT2D eigenvalue weighted by molar-refractivity contribution is -0.0804. The van der Waals surface area contributed by atoms with Gasteiger partial charge in [-0.1, -0.05) is 72.8 Å². The summed E-state index contributed by atoms with van der Waals surface area (Å²) in [5.41, 5.74) is 2.66. The molecule has 0 spiro atoms. The van der Waals surface area contributed by atoms with Crippen LogP contribution in [0, 0.1) is 0 Å². The van der Waals surface area contributed by atoms with Gasteiger partial charge < -0.3 is 24.3 Å². The van der Waals surface area contributed by atoms with Crippen LogP contribution in [0.1, 0.15) is 39.7 Å². The molecule has 1 N–H and O–H groups in total. The number of aromatic nitrogens is 4. The van der Waals surface area contributed by atoms with E-state index in [4.69, 9.17) is 18.9 Å². The van der Waals surface area contributed by atoms with Crippen molar-refractivity contribution < 1.29 is 28.1 Å². The van der Waals surface area contributed by atoms with E-state index in [0.29, 0.717) is 28.2 Å². The van der Waals surface area contributed by atoms with Gasteiger partial charge in [0.05, 0.1) is 33.3 Å². The number of ether oxygens (including phenoxy) is 4. The van der Waals surface area contributed by atoms with Crippen molar-refractivity contribution in [1.29, 1.82) is 0 Å². The van der Waals surface area contributed by atoms with Crippen molar-refractivity contribution in [1.82, 2.24) is 19.5 Å². The average Bonchev–Trinajstić information content (AvgIpc) is 3.76. The van der Waals surface area contributed by atoms with Crippen LogP contribution in [0.15, 0.2) is 122 Å². The molecule has 1 aliphatic heterocycles. The summed E-state index contributed by atoms with van der Waals surface area (Å²) in [7, 11) is 3.25. The molecule has 49 heavy (non-hydrogen) atoms. The molecule has 0 bridgehead atoms. The van der Waals surface area contributed by atoms with Gasteiger partial charge in [-0.2, -0.15) is 0 Å². The molecule has 1 fully saturated rings. The van der Waals surface area contributed by atoms with Gasteiger partial charge in [-0.05, 0) is 53.1 Å². The van der Waals surface area contributed by atoms with E-state index < -0.39 is 24.1 Å². The number of imidazole rings is 1. The molecule has 0 unspecified atom stereocenters. The molecule has 7 rings (SSSR count). The summed E-state index contributed by atoms with van der Waals surface area (Å²) >= 11 is 0. The van der Waals surface area contributed by atoms with Gasteiger partial charge in [0, 0.05) is 12.0 Å². The predicted octanol–water partition coefficient (Wildman–Crippen LogP) is 6.73. The van der Waals surface area contributed by atoms with Crippen molar-refractivity contribution in [3.63, 3.8) is 0 Å². The molecule has 3 atom stereocenters. The number of halogens is 1. The van der Waals surface area contributed by atoms with Gasteiger partial charge in [-0.3, -0.25) is 9.36 Å². The first-order valence-electron chi connectivity index (χ1n) is 15.8. The summed E-state index contributed by atoms with van der Waals surface area (Å²) in [6.07, 6.45) is -0.141. The topological polar surface area (TPSA) is 110 Å². The number of carbonyl (C=O) groups excluding carboxylic acids is 1. The van der Waals surface area contributed by atoms with Gasteiger partial charge in [0.25, 0.3) is 5.91 Å². The molecule has 10 nitrogen and oxygen atoms in total. The molecule has 11 heteroatoms. The van der Waals surface area contributed by atoms with Crippen molar-refractivity contribution in [2.45, 2.75) is 30.5 Å². The second-order valence-corrected chi connectivity index (χ2v) is 11.6. The number of hydrogen-bond donors (Lipinski definition) is 1. The molecule has 4 aromatic carbocycles. The monoisotopic (exact) mass is 659 g/mol. The third kappa shape index (κ3) is 6.21. The molecule has 3 heterocycles. The minimum atomic E-state index is -1.38. The van der Waals surface area contributed by atoms with Crippen LogP contribution < -0.4 is 14.8 Å². The van der Waals surface area contributed by atoms with Crippen molar-refractivity contribution in [2.24, 2.45) is 0 Å². The second-order valence-electron chi connectivity index (χ2n) is 11.6. The highest BCUT2D eigenvalue weighted by Gasteiger charge is 2.42. The Morgan fingerprint density at radius 3 is 2.04 bits per heavy atom. The first-order valence-corrected chi connectivity index (χ1v) is 15.8. The van der Waals surface area contributed by atoms with E-state index >= 15 is 4.39 Å². The van der Waals surface area contributed by atoms with Gasteiger partial charge in [0.1, 0.15) is 29.6 Å². The summed E-state index contributed by atoms with van der Waals surface area (Å²) in [5.74, 6) is 1.30. The van der Waals surface area contributed by atoms with Gasteiger partial charge in [-0.25, -0.2) is 19.3 Å². The molecular weight excluding hydrogens is 625 g/mol. The number of amides is 1. The lowest BCUT2D eigenvalue weighted by atomic mass is 9.80. The minimum absolute atomic E-state index is 0.0733. The Morgan fingerprint density at radius 1 is 0.837 bits per heavy atom. The van der Waals surface area contributed by atoms with Gasteiger partial charge in [0.15, 0.2) is 23.2 Å². The van der Waals surface area contributed by atoms with E-state index in [2.05, 4.69) is 20.3 Å². The number of hydrogen-bond acceptors (Lipinski definition) is 8. The van der Waals surface area contributed by atoms with Crippen LogP contribution in [0.4, 0.5) is 10.2 Å².